The SMILES string of the molecule is C=CC(=O)O.C=CC(=O)O.CC1=[C-]C(C)(C)C(C)=C1C.[CH3-].[Ti+2]. The third kappa shape index (κ3) is 12.4. The smallest absolute Gasteiger partial charge is 0.478 e. The third-order valence-corrected chi connectivity index (χ3v) is 2.91. The molecule has 2 N–H and O–H groups in total. The number of rotatable bonds is 2. The van der Waals surface area contributed by atoms with Gasteiger partial charge in [-0.15, -0.1) is 6.92 Å². The number of hydrogen-bond donors (Lipinski definition) is 2. The molecule has 0 aromatic carbocycles. The Balaban J connectivity index is -0.000000117. The number of carboxylic acid groups (broad SMARTS) is 2. The first-order valence-corrected chi connectivity index (χ1v) is 6.00. The summed E-state index contributed by atoms with van der Waals surface area (Å²) in [5.41, 5.74) is 4.39. The molecule has 0 aliphatic heterocycles. The van der Waals surface area contributed by atoms with Crippen LogP contribution in [0, 0.1) is 18.9 Å². The van der Waals surface area contributed by atoms with Crippen LogP contribution in [0.3, 0.4) is 0 Å². The number of aliphatic carboxylic acids is 2. The topological polar surface area (TPSA) is 74.6 Å². The number of carbonyl (C=O) groups is 2. The first-order valence-electron chi connectivity index (χ1n) is 6.00. The predicted molar refractivity (Wildman–Crippen MR) is 86.7 cm³/mol. The van der Waals surface area contributed by atoms with Gasteiger partial charge in [0, 0.05) is 12.2 Å². The van der Waals surface area contributed by atoms with Crippen LogP contribution in [0.2, 0.25) is 0 Å². The summed E-state index contributed by atoms with van der Waals surface area (Å²) in [6.45, 7) is 16.8. The van der Waals surface area contributed by atoms with Crippen LogP contribution in [0.5, 0.6) is 0 Å². The summed E-state index contributed by atoms with van der Waals surface area (Å²) in [6, 6.07) is 0. The molecule has 0 amide bonds. The van der Waals surface area contributed by atoms with Crippen LogP contribution in [0.1, 0.15) is 34.6 Å². The minimum Gasteiger partial charge on any atom is -0.478 e. The molecule has 0 heterocycles. The second-order valence-corrected chi connectivity index (χ2v) is 4.71. The van der Waals surface area contributed by atoms with E-state index < -0.39 is 11.9 Å². The van der Waals surface area contributed by atoms with Gasteiger partial charge in [0.2, 0.25) is 0 Å². The fourth-order valence-corrected chi connectivity index (χ4v) is 1.41. The van der Waals surface area contributed by atoms with Crippen LogP contribution >= 0.6 is 0 Å². The van der Waals surface area contributed by atoms with Crippen molar-refractivity contribution >= 4 is 11.9 Å². The second-order valence-electron chi connectivity index (χ2n) is 4.71. The van der Waals surface area contributed by atoms with Gasteiger partial charge in [-0.2, -0.15) is 11.1 Å². The van der Waals surface area contributed by atoms with Gasteiger partial charge in [-0.05, 0) is 0 Å². The van der Waals surface area contributed by atoms with Crippen LogP contribution in [-0.2, 0) is 31.3 Å². The monoisotopic (exact) mass is 342 g/mol. The van der Waals surface area contributed by atoms with E-state index in [4.69, 9.17) is 10.2 Å². The van der Waals surface area contributed by atoms with Crippen molar-refractivity contribution in [1.82, 2.24) is 0 Å². The van der Waals surface area contributed by atoms with E-state index in [-0.39, 0.29) is 34.6 Å². The largest absolute Gasteiger partial charge is 2.00 e. The fraction of sp³-hybridized carbons (Fsp3) is 0.353. The second kappa shape index (κ2) is 13.3. The molecule has 0 spiro atoms. The van der Waals surface area contributed by atoms with Crippen molar-refractivity contribution < 1.29 is 41.5 Å². The van der Waals surface area contributed by atoms with Gasteiger partial charge in [-0.3, -0.25) is 6.08 Å². The van der Waals surface area contributed by atoms with Crippen LogP contribution in [0.15, 0.2) is 42.0 Å². The first-order chi connectivity index (χ1) is 8.99. The number of hydrogen-bond acceptors (Lipinski definition) is 2. The van der Waals surface area contributed by atoms with Crippen molar-refractivity contribution in [2.45, 2.75) is 34.6 Å². The van der Waals surface area contributed by atoms with Gasteiger partial charge in [0.05, 0.1) is 0 Å². The molecule has 4 nitrogen and oxygen atoms in total. The van der Waals surface area contributed by atoms with E-state index in [0.29, 0.717) is 0 Å². The van der Waals surface area contributed by atoms with Gasteiger partial charge < -0.3 is 17.6 Å². The summed E-state index contributed by atoms with van der Waals surface area (Å²) >= 11 is 0. The van der Waals surface area contributed by atoms with Crippen LogP contribution in [0.4, 0.5) is 0 Å². The van der Waals surface area contributed by atoms with Gasteiger partial charge >= 0.3 is 33.7 Å². The van der Waals surface area contributed by atoms with E-state index in [1.807, 2.05) is 0 Å². The summed E-state index contributed by atoms with van der Waals surface area (Å²) in [5, 5.41) is 15.2. The van der Waals surface area contributed by atoms with Crippen molar-refractivity contribution in [2.75, 3.05) is 0 Å². The molecule has 0 radical (unpaired) electrons. The number of carboxylic acids is 2. The summed E-state index contributed by atoms with van der Waals surface area (Å²) in [6.07, 6.45) is 5.10. The maximum absolute atomic E-state index is 9.25. The molecule has 1 aliphatic carbocycles. The zero-order valence-corrected chi connectivity index (χ0v) is 15.8. The zero-order chi connectivity index (χ0) is 16.5. The Labute approximate surface area is 149 Å². The molecular weight excluding hydrogens is 316 g/mol. The first kappa shape index (κ1) is 28.7. The summed E-state index contributed by atoms with van der Waals surface area (Å²) in [7, 11) is 0. The van der Waals surface area contributed by atoms with Crippen molar-refractivity contribution in [1.29, 1.82) is 0 Å². The quantitative estimate of drug-likeness (QED) is 0.451. The molecule has 1 rings (SSSR count). The van der Waals surface area contributed by atoms with E-state index in [2.05, 4.69) is 53.9 Å². The molecule has 5 heteroatoms. The molecular formula is C17H26O4Ti. The summed E-state index contributed by atoms with van der Waals surface area (Å²) < 4.78 is 0. The van der Waals surface area contributed by atoms with Crippen molar-refractivity contribution in [3.63, 3.8) is 0 Å². The Morgan fingerprint density at radius 2 is 1.32 bits per heavy atom. The van der Waals surface area contributed by atoms with Crippen molar-refractivity contribution in [3.8, 4) is 0 Å². The Hall–Kier alpha value is -1.39. The van der Waals surface area contributed by atoms with Gasteiger partial charge in [-0.1, -0.05) is 46.3 Å². The fourth-order valence-electron chi connectivity index (χ4n) is 1.41. The Morgan fingerprint density at radius 1 is 1.05 bits per heavy atom. The average Bonchev–Trinajstić information content (AvgIpc) is 2.53. The average molecular weight is 342 g/mol. The predicted octanol–water partition coefficient (Wildman–Crippen LogP) is 4.07. The minimum atomic E-state index is -0.981. The van der Waals surface area contributed by atoms with Gasteiger partial charge in [0.1, 0.15) is 0 Å². The Kier molecular flexibility index (Phi) is 17.4. The summed E-state index contributed by atoms with van der Waals surface area (Å²) in [5.74, 6) is -1.96. The molecule has 22 heavy (non-hydrogen) atoms. The number of allylic oxidation sites excluding steroid dienone is 4. The minimum absolute atomic E-state index is 0. The van der Waals surface area contributed by atoms with E-state index in [0.717, 1.165) is 12.2 Å². The maximum atomic E-state index is 9.25. The van der Waals surface area contributed by atoms with Crippen molar-refractivity contribution in [2.24, 2.45) is 5.41 Å². The van der Waals surface area contributed by atoms with Crippen molar-refractivity contribution in [3.05, 3.63) is 55.5 Å². The zero-order valence-electron chi connectivity index (χ0n) is 14.3. The third-order valence-electron chi connectivity index (χ3n) is 2.91. The van der Waals surface area contributed by atoms with E-state index in [1.165, 1.54) is 16.7 Å². The van der Waals surface area contributed by atoms with Gasteiger partial charge in [0.25, 0.3) is 0 Å². The molecule has 0 aromatic rings. The van der Waals surface area contributed by atoms with Crippen LogP contribution in [0.25, 0.3) is 0 Å². The molecule has 0 fully saturated rings. The molecule has 0 atom stereocenters. The van der Waals surface area contributed by atoms with E-state index >= 15 is 0 Å². The molecule has 0 unspecified atom stereocenters. The summed E-state index contributed by atoms with van der Waals surface area (Å²) in [4.78, 5) is 18.5. The maximum Gasteiger partial charge on any atom is 2.00 e. The molecule has 0 bridgehead atoms. The Bertz CT molecular complexity index is 439. The molecule has 122 valence electrons. The molecule has 0 saturated heterocycles. The van der Waals surface area contributed by atoms with E-state index in [9.17, 15) is 9.59 Å². The molecule has 0 aromatic heterocycles. The normalized spacial score (nSPS) is 13.6. The molecule has 0 saturated carbocycles. The van der Waals surface area contributed by atoms with Crippen LogP contribution < -0.4 is 0 Å². The Morgan fingerprint density at radius 3 is 1.36 bits per heavy atom. The van der Waals surface area contributed by atoms with Gasteiger partial charge in [0.15, 0.2) is 0 Å². The molecule has 1 aliphatic rings. The van der Waals surface area contributed by atoms with Crippen LogP contribution in [-0.4, -0.2) is 22.2 Å². The standard InChI is InChI=1S/C10H15.2C3H4O2.CH3.Ti/c1-7-6-10(4,5)9(3)8(7)2;2*1-2-3(4)5;;/h1-5H3;2*2H,1H2,(H,4,5);1H3;/q-1;;;-1;+2. The van der Waals surface area contributed by atoms with Gasteiger partial charge in [-0.25, -0.2) is 15.2 Å². The van der Waals surface area contributed by atoms with E-state index in [1.54, 1.807) is 0 Å².